The lowest BCUT2D eigenvalue weighted by molar-refractivity contribution is 0.128. The molecule has 0 atom stereocenters. The zero-order valence-corrected chi connectivity index (χ0v) is 8.57. The van der Waals surface area contributed by atoms with Gasteiger partial charge in [0.05, 0.1) is 0 Å². The Morgan fingerprint density at radius 3 is 1.50 bits per heavy atom. The van der Waals surface area contributed by atoms with E-state index >= 15 is 0 Å². The Kier molecular flexibility index (Phi) is 33.0. The first-order valence-corrected chi connectivity index (χ1v) is 4.49. The molecule has 0 saturated heterocycles. The van der Waals surface area contributed by atoms with Crippen molar-refractivity contribution >= 4 is 0 Å². The van der Waals surface area contributed by atoms with Crippen LogP contribution in [0.1, 0.15) is 39.5 Å². The summed E-state index contributed by atoms with van der Waals surface area (Å²) in [6.45, 7) is 12.3. The Bertz CT molecular complexity index is 49.8. The number of hydrogen-bond donors (Lipinski definition) is 0. The molecule has 12 heavy (non-hydrogen) atoms. The Labute approximate surface area is 76.9 Å². The van der Waals surface area contributed by atoms with Crippen LogP contribution in [-0.2, 0) is 4.74 Å². The lowest BCUT2D eigenvalue weighted by atomic mass is 10.3. The van der Waals surface area contributed by atoms with Crippen molar-refractivity contribution in [1.82, 2.24) is 0 Å². The molecule has 0 bridgehead atoms. The van der Waals surface area contributed by atoms with E-state index in [0.717, 1.165) is 13.2 Å². The van der Waals surface area contributed by atoms with Gasteiger partial charge < -0.3 is 10.2 Å². The molecule has 0 aliphatic heterocycles. The topological polar surface area (TPSA) is 40.7 Å². The summed E-state index contributed by atoms with van der Waals surface area (Å²) in [6, 6.07) is 0. The molecule has 0 rings (SSSR count). The lowest BCUT2D eigenvalue weighted by Gasteiger charge is -1.99. The van der Waals surface area contributed by atoms with Gasteiger partial charge in [0.2, 0.25) is 0 Å². The predicted octanol–water partition coefficient (Wildman–Crippen LogP) is 2.58. The summed E-state index contributed by atoms with van der Waals surface area (Å²) in [5, 5.41) is 0. The van der Waals surface area contributed by atoms with E-state index in [9.17, 15) is 0 Å². The molecular formula is C10H24O2. The molecule has 0 aromatic rings. The molecule has 0 aliphatic rings. The van der Waals surface area contributed by atoms with Crippen LogP contribution in [0.25, 0.3) is 0 Å². The van der Waals surface area contributed by atoms with Crippen molar-refractivity contribution in [2.24, 2.45) is 0 Å². The van der Waals surface area contributed by atoms with E-state index in [0.29, 0.717) is 0 Å². The van der Waals surface area contributed by atoms with Gasteiger partial charge in [-0.25, -0.2) is 0 Å². The fraction of sp³-hybridized carbons (Fsp3) is 0.800. The molecule has 0 unspecified atom stereocenters. The highest BCUT2D eigenvalue weighted by atomic mass is 16.5. The van der Waals surface area contributed by atoms with E-state index < -0.39 is 0 Å². The van der Waals surface area contributed by atoms with E-state index in [-0.39, 0.29) is 5.48 Å². The number of ether oxygens (including phenoxy) is 1. The van der Waals surface area contributed by atoms with Crippen molar-refractivity contribution in [3.63, 3.8) is 0 Å². The summed E-state index contributed by atoms with van der Waals surface area (Å²) in [5.74, 6) is 0. The second-order valence-corrected chi connectivity index (χ2v) is 2.32. The van der Waals surface area contributed by atoms with Gasteiger partial charge in [0.15, 0.2) is 0 Å². The SMILES string of the molecule is C=C.CCCCOCCCC.O. The lowest BCUT2D eigenvalue weighted by Crippen LogP contribution is -1.95. The normalized spacial score (nSPS) is 7.83. The Balaban J connectivity index is -0.000000249. The van der Waals surface area contributed by atoms with Crippen LogP contribution in [-0.4, -0.2) is 18.7 Å². The molecule has 0 spiro atoms. The highest BCUT2D eigenvalue weighted by Crippen LogP contribution is 1.91. The Hall–Kier alpha value is -0.340. The van der Waals surface area contributed by atoms with E-state index in [4.69, 9.17) is 4.74 Å². The number of unbranched alkanes of at least 4 members (excludes halogenated alkanes) is 2. The Morgan fingerprint density at radius 2 is 1.25 bits per heavy atom. The van der Waals surface area contributed by atoms with Crippen LogP contribution < -0.4 is 0 Å². The van der Waals surface area contributed by atoms with Crippen LogP contribution in [0.4, 0.5) is 0 Å². The van der Waals surface area contributed by atoms with E-state index in [1.54, 1.807) is 0 Å². The van der Waals surface area contributed by atoms with Crippen LogP contribution >= 0.6 is 0 Å². The molecule has 0 saturated carbocycles. The third-order valence-electron chi connectivity index (χ3n) is 1.28. The minimum Gasteiger partial charge on any atom is -0.412 e. The molecule has 2 N–H and O–H groups in total. The van der Waals surface area contributed by atoms with E-state index in [1.165, 1.54) is 25.7 Å². The fourth-order valence-electron chi connectivity index (χ4n) is 0.595. The van der Waals surface area contributed by atoms with Crippen molar-refractivity contribution < 1.29 is 10.2 Å². The van der Waals surface area contributed by atoms with E-state index in [1.807, 2.05) is 0 Å². The summed E-state index contributed by atoms with van der Waals surface area (Å²) in [6.07, 6.45) is 4.91. The molecular weight excluding hydrogens is 152 g/mol. The molecule has 0 aliphatic carbocycles. The molecule has 0 heterocycles. The van der Waals surface area contributed by atoms with Gasteiger partial charge in [-0.2, -0.15) is 0 Å². The standard InChI is InChI=1S/C8H18O.C2H4.H2O/c1-3-5-7-9-8-6-4-2;1-2;/h3-8H2,1-2H3;1-2H2;1H2. The van der Waals surface area contributed by atoms with Crippen LogP contribution in [0, 0.1) is 0 Å². The quantitative estimate of drug-likeness (QED) is 0.453. The maximum absolute atomic E-state index is 5.31. The van der Waals surface area contributed by atoms with Crippen molar-refractivity contribution in [3.8, 4) is 0 Å². The number of rotatable bonds is 6. The van der Waals surface area contributed by atoms with Crippen molar-refractivity contribution in [2.75, 3.05) is 13.2 Å². The highest BCUT2D eigenvalue weighted by molar-refractivity contribution is 4.33. The molecule has 2 heteroatoms. The average molecular weight is 176 g/mol. The maximum Gasteiger partial charge on any atom is 0.0465 e. The largest absolute Gasteiger partial charge is 0.412 e. The second-order valence-electron chi connectivity index (χ2n) is 2.32. The molecule has 0 fully saturated rings. The van der Waals surface area contributed by atoms with Gasteiger partial charge in [0.1, 0.15) is 0 Å². The summed E-state index contributed by atoms with van der Waals surface area (Å²) in [5.41, 5.74) is 0. The predicted molar refractivity (Wildman–Crippen MR) is 55.5 cm³/mol. The van der Waals surface area contributed by atoms with Crippen molar-refractivity contribution in [3.05, 3.63) is 13.2 Å². The minimum absolute atomic E-state index is 0. The van der Waals surface area contributed by atoms with Crippen molar-refractivity contribution in [1.29, 1.82) is 0 Å². The summed E-state index contributed by atoms with van der Waals surface area (Å²) in [4.78, 5) is 0. The fourth-order valence-corrected chi connectivity index (χ4v) is 0.595. The molecule has 0 radical (unpaired) electrons. The summed E-state index contributed by atoms with van der Waals surface area (Å²) in [7, 11) is 0. The summed E-state index contributed by atoms with van der Waals surface area (Å²) < 4.78 is 5.31. The summed E-state index contributed by atoms with van der Waals surface area (Å²) >= 11 is 0. The second kappa shape index (κ2) is 22.4. The monoisotopic (exact) mass is 176 g/mol. The highest BCUT2D eigenvalue weighted by Gasteiger charge is 1.84. The zero-order chi connectivity index (χ0) is 8.95. The van der Waals surface area contributed by atoms with Crippen LogP contribution in [0.3, 0.4) is 0 Å². The third kappa shape index (κ3) is 22.6. The molecule has 76 valence electrons. The van der Waals surface area contributed by atoms with Crippen LogP contribution in [0.2, 0.25) is 0 Å². The van der Waals surface area contributed by atoms with Gasteiger partial charge in [-0.15, -0.1) is 13.2 Å². The van der Waals surface area contributed by atoms with E-state index in [2.05, 4.69) is 27.0 Å². The van der Waals surface area contributed by atoms with Crippen LogP contribution in [0.15, 0.2) is 13.2 Å². The zero-order valence-electron chi connectivity index (χ0n) is 8.57. The molecule has 0 amide bonds. The first-order chi connectivity index (χ1) is 5.41. The van der Waals surface area contributed by atoms with Crippen LogP contribution in [0.5, 0.6) is 0 Å². The smallest absolute Gasteiger partial charge is 0.0465 e. The maximum atomic E-state index is 5.31. The van der Waals surface area contributed by atoms with Gasteiger partial charge in [-0.05, 0) is 12.8 Å². The van der Waals surface area contributed by atoms with Crippen molar-refractivity contribution in [2.45, 2.75) is 39.5 Å². The molecule has 0 aromatic carbocycles. The van der Waals surface area contributed by atoms with Gasteiger partial charge >= 0.3 is 0 Å². The molecule has 2 nitrogen and oxygen atoms in total. The van der Waals surface area contributed by atoms with Gasteiger partial charge in [-0.3, -0.25) is 0 Å². The number of hydrogen-bond acceptors (Lipinski definition) is 1. The van der Waals surface area contributed by atoms with Gasteiger partial charge in [0, 0.05) is 13.2 Å². The first-order valence-electron chi connectivity index (χ1n) is 4.49. The van der Waals surface area contributed by atoms with Gasteiger partial charge in [-0.1, -0.05) is 26.7 Å². The Morgan fingerprint density at radius 1 is 0.917 bits per heavy atom. The first kappa shape index (κ1) is 17.7. The van der Waals surface area contributed by atoms with Gasteiger partial charge in [0.25, 0.3) is 0 Å². The third-order valence-corrected chi connectivity index (χ3v) is 1.28. The average Bonchev–Trinajstić information content (AvgIpc) is 2.08. The minimum atomic E-state index is 0. The molecule has 0 aromatic heterocycles.